The molecular formula is C16H26N4O2. The molecule has 1 saturated heterocycles. The van der Waals surface area contributed by atoms with Crippen LogP contribution >= 0.6 is 0 Å². The lowest BCUT2D eigenvalue weighted by Crippen LogP contribution is -2.43. The SMILES string of the molecule is Cn1ccc(C(=O)NC[C@H]2C[C@@]3(C)[C@@H](O)CCCC[C@H]3N2)n1. The number of carbonyl (C=O) groups excluding carboxylic acids is 1. The van der Waals surface area contributed by atoms with E-state index in [1.807, 2.05) is 0 Å². The van der Waals surface area contributed by atoms with E-state index in [1.54, 1.807) is 24.0 Å². The van der Waals surface area contributed by atoms with Gasteiger partial charge in [0.15, 0.2) is 0 Å². The highest BCUT2D eigenvalue weighted by Crippen LogP contribution is 2.43. The lowest BCUT2D eigenvalue weighted by molar-refractivity contribution is 0.0281. The number of hydrogen-bond donors (Lipinski definition) is 3. The third kappa shape index (κ3) is 2.90. The van der Waals surface area contributed by atoms with Crippen molar-refractivity contribution in [3.8, 4) is 0 Å². The van der Waals surface area contributed by atoms with E-state index in [1.165, 1.54) is 0 Å². The number of carbonyl (C=O) groups is 1. The van der Waals surface area contributed by atoms with Gasteiger partial charge in [0.25, 0.3) is 5.91 Å². The second-order valence-corrected chi connectivity index (χ2v) is 7.01. The molecule has 22 heavy (non-hydrogen) atoms. The minimum atomic E-state index is -0.246. The number of aliphatic hydroxyl groups excluding tert-OH is 1. The van der Waals surface area contributed by atoms with Crippen LogP contribution < -0.4 is 10.6 Å². The number of hydrogen-bond acceptors (Lipinski definition) is 4. The molecule has 3 rings (SSSR count). The van der Waals surface area contributed by atoms with Crippen molar-refractivity contribution in [3.63, 3.8) is 0 Å². The molecule has 2 heterocycles. The standard InChI is InChI=1S/C16H26N4O2/c1-16-9-11(18-13(16)5-3-4-6-14(16)21)10-17-15(22)12-7-8-20(2)19-12/h7-8,11,13-14,18,21H,3-6,9-10H2,1-2H3,(H,17,22)/t11-,13-,14+,16-/m1/s1. The van der Waals surface area contributed by atoms with Crippen molar-refractivity contribution in [3.05, 3.63) is 18.0 Å². The summed E-state index contributed by atoms with van der Waals surface area (Å²) >= 11 is 0. The van der Waals surface area contributed by atoms with E-state index < -0.39 is 0 Å². The minimum Gasteiger partial charge on any atom is -0.392 e. The van der Waals surface area contributed by atoms with Gasteiger partial charge >= 0.3 is 0 Å². The van der Waals surface area contributed by atoms with E-state index in [0.717, 1.165) is 32.1 Å². The maximum atomic E-state index is 12.1. The molecule has 122 valence electrons. The summed E-state index contributed by atoms with van der Waals surface area (Å²) in [6.07, 6.45) is 6.69. The van der Waals surface area contributed by atoms with Crippen molar-refractivity contribution >= 4 is 5.91 Å². The number of aryl methyl sites for hydroxylation is 1. The molecule has 0 aromatic carbocycles. The zero-order valence-corrected chi connectivity index (χ0v) is 13.4. The first-order valence-electron chi connectivity index (χ1n) is 8.21. The predicted molar refractivity (Wildman–Crippen MR) is 83.5 cm³/mol. The van der Waals surface area contributed by atoms with Gasteiger partial charge in [0.05, 0.1) is 6.10 Å². The van der Waals surface area contributed by atoms with Crippen LogP contribution in [-0.2, 0) is 7.05 Å². The minimum absolute atomic E-state index is 0.0725. The van der Waals surface area contributed by atoms with Gasteiger partial charge in [-0.05, 0) is 25.3 Å². The molecular weight excluding hydrogens is 280 g/mol. The number of rotatable bonds is 3. The Bertz CT molecular complexity index is 544. The molecule has 2 aliphatic rings. The average Bonchev–Trinajstić information content (AvgIpc) is 3.02. The van der Waals surface area contributed by atoms with Crippen LogP contribution in [-0.4, -0.2) is 45.5 Å². The molecule has 1 saturated carbocycles. The van der Waals surface area contributed by atoms with Crippen molar-refractivity contribution in [2.24, 2.45) is 12.5 Å². The van der Waals surface area contributed by atoms with Crippen molar-refractivity contribution in [1.29, 1.82) is 0 Å². The molecule has 3 N–H and O–H groups in total. The molecule has 1 aliphatic heterocycles. The van der Waals surface area contributed by atoms with Crippen LogP contribution in [0.4, 0.5) is 0 Å². The van der Waals surface area contributed by atoms with Crippen LogP contribution in [0.15, 0.2) is 12.3 Å². The number of aliphatic hydroxyl groups is 1. The number of nitrogens with zero attached hydrogens (tertiary/aromatic N) is 2. The van der Waals surface area contributed by atoms with Gasteiger partial charge < -0.3 is 15.7 Å². The Morgan fingerprint density at radius 3 is 3.05 bits per heavy atom. The number of amides is 1. The predicted octanol–water partition coefficient (Wildman–Crippen LogP) is 0.822. The van der Waals surface area contributed by atoms with Crippen LogP contribution in [0.2, 0.25) is 0 Å². The Kier molecular flexibility index (Phi) is 4.23. The summed E-state index contributed by atoms with van der Waals surface area (Å²) in [7, 11) is 1.80. The monoisotopic (exact) mass is 306 g/mol. The van der Waals surface area contributed by atoms with Crippen LogP contribution in [0.25, 0.3) is 0 Å². The molecule has 1 amide bonds. The highest BCUT2D eigenvalue weighted by molar-refractivity contribution is 5.92. The molecule has 1 aliphatic carbocycles. The fourth-order valence-electron chi connectivity index (χ4n) is 3.98. The van der Waals surface area contributed by atoms with E-state index in [-0.39, 0.29) is 23.5 Å². The zero-order valence-electron chi connectivity index (χ0n) is 13.4. The maximum absolute atomic E-state index is 12.1. The molecule has 1 aromatic heterocycles. The van der Waals surface area contributed by atoms with Gasteiger partial charge in [0, 0.05) is 37.3 Å². The number of nitrogens with one attached hydrogen (secondary N) is 2. The van der Waals surface area contributed by atoms with Crippen molar-refractivity contribution < 1.29 is 9.90 Å². The normalized spacial score (nSPS) is 35.0. The van der Waals surface area contributed by atoms with Crippen LogP contribution in [0, 0.1) is 5.41 Å². The Hall–Kier alpha value is -1.40. The molecule has 6 heteroatoms. The lowest BCUT2D eigenvalue weighted by Gasteiger charge is -2.33. The Labute approximate surface area is 131 Å². The third-order valence-corrected chi connectivity index (χ3v) is 5.36. The second-order valence-electron chi connectivity index (χ2n) is 7.01. The fourth-order valence-corrected chi connectivity index (χ4v) is 3.98. The first-order valence-corrected chi connectivity index (χ1v) is 8.21. The maximum Gasteiger partial charge on any atom is 0.271 e. The molecule has 6 nitrogen and oxygen atoms in total. The van der Waals surface area contributed by atoms with E-state index in [0.29, 0.717) is 18.3 Å². The molecule has 0 unspecified atom stereocenters. The van der Waals surface area contributed by atoms with Gasteiger partial charge in [0.1, 0.15) is 5.69 Å². The Balaban J connectivity index is 1.57. The zero-order chi connectivity index (χ0) is 15.7. The first-order chi connectivity index (χ1) is 10.5. The highest BCUT2D eigenvalue weighted by atomic mass is 16.3. The van der Waals surface area contributed by atoms with Crippen molar-refractivity contribution in [1.82, 2.24) is 20.4 Å². The van der Waals surface area contributed by atoms with Gasteiger partial charge in [-0.1, -0.05) is 19.8 Å². The fraction of sp³-hybridized carbons (Fsp3) is 0.750. The second kappa shape index (κ2) is 6.01. The lowest BCUT2D eigenvalue weighted by atomic mass is 9.75. The first kappa shape index (κ1) is 15.5. The summed E-state index contributed by atoms with van der Waals surface area (Å²) in [5.41, 5.74) is 0.373. The molecule has 0 bridgehead atoms. The van der Waals surface area contributed by atoms with Gasteiger partial charge in [-0.3, -0.25) is 9.48 Å². The third-order valence-electron chi connectivity index (χ3n) is 5.36. The van der Waals surface area contributed by atoms with Gasteiger partial charge in [0.2, 0.25) is 0 Å². The summed E-state index contributed by atoms with van der Waals surface area (Å²) in [5, 5.41) is 21.1. The van der Waals surface area contributed by atoms with Gasteiger partial charge in [-0.2, -0.15) is 5.10 Å². The van der Waals surface area contributed by atoms with Gasteiger partial charge in [-0.15, -0.1) is 0 Å². The Morgan fingerprint density at radius 2 is 2.32 bits per heavy atom. The van der Waals surface area contributed by atoms with Gasteiger partial charge in [-0.25, -0.2) is 0 Å². The molecule has 4 atom stereocenters. The van der Waals surface area contributed by atoms with Crippen LogP contribution in [0.1, 0.15) is 49.5 Å². The van der Waals surface area contributed by atoms with Crippen molar-refractivity contribution in [2.45, 2.75) is 57.2 Å². The number of aromatic nitrogens is 2. The molecule has 0 spiro atoms. The molecule has 0 radical (unpaired) electrons. The summed E-state index contributed by atoms with van der Waals surface area (Å²) in [5.74, 6) is -0.139. The quantitative estimate of drug-likeness (QED) is 0.772. The summed E-state index contributed by atoms with van der Waals surface area (Å²) in [6.45, 7) is 2.76. The summed E-state index contributed by atoms with van der Waals surface area (Å²) in [6, 6.07) is 2.28. The van der Waals surface area contributed by atoms with Crippen LogP contribution in [0.5, 0.6) is 0 Å². The van der Waals surface area contributed by atoms with E-state index in [2.05, 4.69) is 22.7 Å². The van der Waals surface area contributed by atoms with E-state index in [9.17, 15) is 9.90 Å². The average molecular weight is 306 g/mol. The highest BCUT2D eigenvalue weighted by Gasteiger charge is 2.48. The molecule has 1 aromatic rings. The summed E-state index contributed by atoms with van der Waals surface area (Å²) in [4.78, 5) is 12.1. The smallest absolute Gasteiger partial charge is 0.271 e. The topological polar surface area (TPSA) is 79.2 Å². The van der Waals surface area contributed by atoms with Crippen LogP contribution in [0.3, 0.4) is 0 Å². The number of fused-ring (bicyclic) bond motifs is 1. The Morgan fingerprint density at radius 1 is 1.55 bits per heavy atom. The van der Waals surface area contributed by atoms with E-state index in [4.69, 9.17) is 0 Å². The molecule has 2 fully saturated rings. The summed E-state index contributed by atoms with van der Waals surface area (Å²) < 4.78 is 1.62. The van der Waals surface area contributed by atoms with E-state index >= 15 is 0 Å². The van der Waals surface area contributed by atoms with Crippen molar-refractivity contribution in [2.75, 3.05) is 6.54 Å². The largest absolute Gasteiger partial charge is 0.392 e.